The zero-order chi connectivity index (χ0) is 9.84. The van der Waals surface area contributed by atoms with E-state index in [0.29, 0.717) is 6.54 Å². The van der Waals surface area contributed by atoms with E-state index < -0.39 is 5.91 Å². The smallest absolute Gasteiger partial charge is 0.285 e. The van der Waals surface area contributed by atoms with Crippen LogP contribution in [0.5, 0.6) is 0 Å². The van der Waals surface area contributed by atoms with Gasteiger partial charge in [-0.1, -0.05) is 0 Å². The first-order chi connectivity index (χ1) is 6.19. The summed E-state index contributed by atoms with van der Waals surface area (Å²) < 4.78 is 1.55. The average molecular weight is 184 g/mol. The van der Waals surface area contributed by atoms with Crippen LogP contribution in [0, 0.1) is 6.92 Å². The number of aryl methyl sites for hydroxylation is 1. The Hall–Kier alpha value is -1.40. The Balaban J connectivity index is 2.88. The third-order valence-corrected chi connectivity index (χ3v) is 1.66. The maximum absolute atomic E-state index is 11.0. The largest absolute Gasteiger partial charge is 0.394 e. The summed E-state index contributed by atoms with van der Waals surface area (Å²) in [7, 11) is 0. The van der Waals surface area contributed by atoms with Crippen molar-refractivity contribution in [3.8, 4) is 0 Å². The fraction of sp³-hybridized carbons (Fsp3) is 0.429. The summed E-state index contributed by atoms with van der Waals surface area (Å²) in [4.78, 5) is 11.0. The number of nitrogen functional groups attached to an aromatic ring is 1. The highest BCUT2D eigenvalue weighted by Crippen LogP contribution is 2.02. The van der Waals surface area contributed by atoms with E-state index in [1.807, 2.05) is 5.43 Å². The van der Waals surface area contributed by atoms with E-state index in [4.69, 9.17) is 10.9 Å². The molecule has 4 N–H and O–H groups in total. The minimum absolute atomic E-state index is 0.00773. The Morgan fingerprint density at radius 2 is 2.54 bits per heavy atom. The normalized spacial score (nSPS) is 10.1. The molecule has 13 heavy (non-hydrogen) atoms. The molecule has 0 atom stereocenters. The maximum Gasteiger partial charge on any atom is 0.285 e. The summed E-state index contributed by atoms with van der Waals surface area (Å²) in [5.74, 6) is 4.51. The molecule has 0 spiro atoms. The van der Waals surface area contributed by atoms with E-state index in [2.05, 4.69) is 5.10 Å². The van der Waals surface area contributed by atoms with Crippen LogP contribution in [0.2, 0.25) is 0 Å². The van der Waals surface area contributed by atoms with Crippen molar-refractivity contribution in [3.05, 3.63) is 17.5 Å². The highest BCUT2D eigenvalue weighted by molar-refractivity contribution is 5.91. The standard InChI is InChI=1S/C7H12N4O2/c1-5-4-6(7(13)9-8)10-11(5)2-3-12/h4,12H,2-3,8H2,1H3,(H,9,13). The van der Waals surface area contributed by atoms with Crippen LogP contribution in [-0.2, 0) is 6.54 Å². The fourth-order valence-electron chi connectivity index (χ4n) is 1.02. The van der Waals surface area contributed by atoms with Gasteiger partial charge in [0.1, 0.15) is 0 Å². The Kier molecular flexibility index (Phi) is 2.99. The van der Waals surface area contributed by atoms with Gasteiger partial charge in [-0.15, -0.1) is 0 Å². The van der Waals surface area contributed by atoms with Crippen molar-refractivity contribution in [1.29, 1.82) is 0 Å². The molecule has 6 heteroatoms. The first-order valence-electron chi connectivity index (χ1n) is 3.85. The van der Waals surface area contributed by atoms with Crippen LogP contribution < -0.4 is 11.3 Å². The molecule has 1 aromatic rings. The molecule has 0 fully saturated rings. The lowest BCUT2D eigenvalue weighted by molar-refractivity contribution is 0.0947. The summed E-state index contributed by atoms with van der Waals surface area (Å²) >= 11 is 0. The van der Waals surface area contributed by atoms with E-state index in [-0.39, 0.29) is 12.3 Å². The van der Waals surface area contributed by atoms with Gasteiger partial charge >= 0.3 is 0 Å². The van der Waals surface area contributed by atoms with E-state index in [1.165, 1.54) is 0 Å². The van der Waals surface area contributed by atoms with Crippen molar-refractivity contribution in [2.45, 2.75) is 13.5 Å². The zero-order valence-corrected chi connectivity index (χ0v) is 7.32. The van der Waals surface area contributed by atoms with Crippen LogP contribution in [0.25, 0.3) is 0 Å². The number of hydrazine groups is 1. The number of aliphatic hydroxyl groups is 1. The molecule has 1 rings (SSSR count). The van der Waals surface area contributed by atoms with Crippen LogP contribution in [0.15, 0.2) is 6.07 Å². The van der Waals surface area contributed by atoms with Crippen molar-refractivity contribution in [3.63, 3.8) is 0 Å². The summed E-state index contributed by atoms with van der Waals surface area (Å²) in [6.07, 6.45) is 0. The van der Waals surface area contributed by atoms with Crippen molar-refractivity contribution < 1.29 is 9.90 Å². The predicted octanol–water partition coefficient (Wildman–Crippen LogP) is -1.21. The Morgan fingerprint density at radius 1 is 1.85 bits per heavy atom. The SMILES string of the molecule is Cc1cc(C(=O)NN)nn1CCO. The number of nitrogens with two attached hydrogens (primary N) is 1. The topological polar surface area (TPSA) is 93.2 Å². The number of hydrogen-bond donors (Lipinski definition) is 3. The third-order valence-electron chi connectivity index (χ3n) is 1.66. The number of carbonyl (C=O) groups is 1. The van der Waals surface area contributed by atoms with E-state index in [1.54, 1.807) is 17.7 Å². The summed E-state index contributed by atoms with van der Waals surface area (Å²) in [6.45, 7) is 2.17. The molecule has 0 aliphatic carbocycles. The van der Waals surface area contributed by atoms with Crippen LogP contribution in [-0.4, -0.2) is 27.4 Å². The van der Waals surface area contributed by atoms with E-state index in [9.17, 15) is 4.79 Å². The fourth-order valence-corrected chi connectivity index (χ4v) is 1.02. The lowest BCUT2D eigenvalue weighted by Crippen LogP contribution is -2.30. The monoisotopic (exact) mass is 184 g/mol. The third kappa shape index (κ3) is 2.04. The lowest BCUT2D eigenvalue weighted by atomic mass is 10.3. The van der Waals surface area contributed by atoms with Crippen LogP contribution >= 0.6 is 0 Å². The molecule has 0 aromatic carbocycles. The van der Waals surface area contributed by atoms with Crippen molar-refractivity contribution in [2.75, 3.05) is 6.61 Å². The maximum atomic E-state index is 11.0. The zero-order valence-electron chi connectivity index (χ0n) is 7.32. The molecule has 0 bridgehead atoms. The number of carbonyl (C=O) groups excluding carboxylic acids is 1. The van der Waals surface area contributed by atoms with Gasteiger partial charge < -0.3 is 5.11 Å². The molecule has 6 nitrogen and oxygen atoms in total. The number of nitrogens with zero attached hydrogens (tertiary/aromatic N) is 2. The molecule has 0 radical (unpaired) electrons. The molecule has 0 aliphatic heterocycles. The van der Waals surface area contributed by atoms with Gasteiger partial charge in [0.15, 0.2) is 5.69 Å². The van der Waals surface area contributed by atoms with Gasteiger partial charge in [0.05, 0.1) is 13.2 Å². The van der Waals surface area contributed by atoms with Gasteiger partial charge in [-0.3, -0.25) is 14.9 Å². The van der Waals surface area contributed by atoms with Gasteiger partial charge in [-0.25, -0.2) is 5.84 Å². The molecule has 1 heterocycles. The predicted molar refractivity (Wildman–Crippen MR) is 45.7 cm³/mol. The Labute approximate surface area is 75.3 Å². The van der Waals surface area contributed by atoms with Gasteiger partial charge in [-0.05, 0) is 13.0 Å². The first kappa shape index (κ1) is 9.69. The highest BCUT2D eigenvalue weighted by atomic mass is 16.3. The van der Waals surface area contributed by atoms with Gasteiger partial charge in [0.2, 0.25) is 0 Å². The van der Waals surface area contributed by atoms with Crippen molar-refractivity contribution in [2.24, 2.45) is 5.84 Å². The molecule has 1 amide bonds. The van der Waals surface area contributed by atoms with Gasteiger partial charge in [-0.2, -0.15) is 5.10 Å². The molecule has 0 saturated heterocycles. The van der Waals surface area contributed by atoms with E-state index in [0.717, 1.165) is 5.69 Å². The quantitative estimate of drug-likeness (QED) is 0.312. The molecule has 0 saturated carbocycles. The van der Waals surface area contributed by atoms with Crippen molar-refractivity contribution >= 4 is 5.91 Å². The number of aromatic nitrogens is 2. The summed E-state index contributed by atoms with van der Waals surface area (Å²) in [5, 5.41) is 12.6. The number of amides is 1. The second kappa shape index (κ2) is 4.01. The van der Waals surface area contributed by atoms with Crippen molar-refractivity contribution in [1.82, 2.24) is 15.2 Å². The highest BCUT2D eigenvalue weighted by Gasteiger charge is 2.09. The molecular weight excluding hydrogens is 172 g/mol. The molecular formula is C7H12N4O2. The van der Waals surface area contributed by atoms with Crippen LogP contribution in [0.3, 0.4) is 0 Å². The number of hydrogen-bond acceptors (Lipinski definition) is 4. The Bertz CT molecular complexity index is 307. The molecule has 0 aliphatic rings. The van der Waals surface area contributed by atoms with Gasteiger partial charge in [0, 0.05) is 5.69 Å². The summed E-state index contributed by atoms with van der Waals surface area (Å²) in [5.41, 5.74) is 3.06. The molecule has 72 valence electrons. The second-order valence-electron chi connectivity index (χ2n) is 2.59. The second-order valence-corrected chi connectivity index (χ2v) is 2.59. The number of rotatable bonds is 3. The van der Waals surface area contributed by atoms with E-state index >= 15 is 0 Å². The average Bonchev–Trinajstić information content (AvgIpc) is 2.47. The minimum atomic E-state index is -0.431. The van der Waals surface area contributed by atoms with Crippen LogP contribution in [0.4, 0.5) is 0 Å². The molecule has 1 aromatic heterocycles. The first-order valence-corrected chi connectivity index (χ1v) is 3.85. The number of aliphatic hydroxyl groups excluding tert-OH is 1. The van der Waals surface area contributed by atoms with Gasteiger partial charge in [0.25, 0.3) is 5.91 Å². The lowest BCUT2D eigenvalue weighted by Gasteiger charge is -1.98. The number of nitrogens with one attached hydrogen (secondary N) is 1. The molecule has 0 unspecified atom stereocenters. The minimum Gasteiger partial charge on any atom is -0.394 e. The van der Waals surface area contributed by atoms with Crippen LogP contribution in [0.1, 0.15) is 16.2 Å². The summed E-state index contributed by atoms with van der Waals surface area (Å²) in [6, 6.07) is 1.61. The Morgan fingerprint density at radius 3 is 3.08 bits per heavy atom.